The van der Waals surface area contributed by atoms with Gasteiger partial charge >= 0.3 is 0 Å². The molecule has 1 atom stereocenters. The van der Waals surface area contributed by atoms with E-state index in [1.165, 1.54) is 70.6 Å². The molecular weight excluding hydrogens is 234 g/mol. The summed E-state index contributed by atoms with van der Waals surface area (Å²) in [5.41, 5.74) is 0. The van der Waals surface area contributed by atoms with Crippen LogP contribution >= 0.6 is 0 Å². The molecule has 0 aromatic rings. The van der Waals surface area contributed by atoms with Crippen molar-refractivity contribution < 1.29 is 5.11 Å². The van der Waals surface area contributed by atoms with Crippen LogP contribution in [0.15, 0.2) is 0 Å². The minimum Gasteiger partial charge on any atom is -0.392 e. The van der Waals surface area contributed by atoms with E-state index in [9.17, 15) is 5.11 Å². The van der Waals surface area contributed by atoms with Crippen LogP contribution in [0.1, 0.15) is 90.9 Å². The second-order valence-electron chi connectivity index (χ2n) is 5.83. The first-order valence-corrected chi connectivity index (χ1v) is 8.70. The van der Waals surface area contributed by atoms with E-state index in [4.69, 9.17) is 0 Å². The summed E-state index contributed by atoms with van der Waals surface area (Å²) < 4.78 is 0. The summed E-state index contributed by atoms with van der Waals surface area (Å²) in [6, 6.07) is 0. The number of aliphatic hydroxyl groups is 1. The topological polar surface area (TPSA) is 32.3 Å². The molecule has 2 nitrogen and oxygen atoms in total. The van der Waals surface area contributed by atoms with Gasteiger partial charge in [-0.25, -0.2) is 0 Å². The summed E-state index contributed by atoms with van der Waals surface area (Å²) >= 11 is 0. The Hall–Kier alpha value is -0.0800. The van der Waals surface area contributed by atoms with Crippen molar-refractivity contribution in [2.24, 2.45) is 0 Å². The fraction of sp³-hybridized carbons (Fsp3) is 1.00. The maximum absolute atomic E-state index is 9.83. The highest BCUT2D eigenvalue weighted by atomic mass is 16.3. The maximum atomic E-state index is 9.83. The zero-order valence-corrected chi connectivity index (χ0v) is 13.4. The van der Waals surface area contributed by atoms with Gasteiger partial charge < -0.3 is 10.4 Å². The molecule has 0 aliphatic heterocycles. The van der Waals surface area contributed by atoms with Crippen LogP contribution in [0.4, 0.5) is 0 Å². The van der Waals surface area contributed by atoms with Crippen LogP contribution in [0.25, 0.3) is 0 Å². The molecule has 0 saturated heterocycles. The van der Waals surface area contributed by atoms with Crippen molar-refractivity contribution in [3.63, 3.8) is 0 Å². The van der Waals surface area contributed by atoms with Crippen molar-refractivity contribution >= 4 is 0 Å². The summed E-state index contributed by atoms with van der Waals surface area (Å²) in [4.78, 5) is 0. The summed E-state index contributed by atoms with van der Waals surface area (Å²) in [6.07, 6.45) is 15.3. The smallest absolute Gasteiger partial charge is 0.0664 e. The normalized spacial score (nSPS) is 12.8. The largest absolute Gasteiger partial charge is 0.392 e. The van der Waals surface area contributed by atoms with Gasteiger partial charge in [0.2, 0.25) is 0 Å². The van der Waals surface area contributed by atoms with Gasteiger partial charge in [0.1, 0.15) is 0 Å². The molecule has 2 heteroatoms. The molecule has 0 bridgehead atoms. The lowest BCUT2D eigenvalue weighted by atomic mass is 10.1. The highest BCUT2D eigenvalue weighted by molar-refractivity contribution is 4.60. The molecule has 19 heavy (non-hydrogen) atoms. The van der Waals surface area contributed by atoms with Crippen LogP contribution in [0.5, 0.6) is 0 Å². The third-order valence-electron chi connectivity index (χ3n) is 3.73. The Kier molecular flexibility index (Phi) is 15.9. The summed E-state index contributed by atoms with van der Waals surface area (Å²) in [7, 11) is 0. The molecule has 116 valence electrons. The standard InChI is InChI=1S/C17H37NO/c1-3-5-7-9-10-11-12-14-17(19)16-18-15-13-8-6-4-2/h17-19H,3-16H2,1-2H3. The average Bonchev–Trinajstić information content (AvgIpc) is 2.41. The predicted octanol–water partition coefficient (Wildman–Crippen LogP) is 4.66. The molecular formula is C17H37NO. The Bertz CT molecular complexity index is 161. The Labute approximate surface area is 121 Å². The summed E-state index contributed by atoms with van der Waals surface area (Å²) in [5, 5.41) is 13.2. The zero-order chi connectivity index (χ0) is 14.2. The molecule has 0 aromatic carbocycles. The second kappa shape index (κ2) is 16.0. The van der Waals surface area contributed by atoms with E-state index in [0.29, 0.717) is 0 Å². The first kappa shape index (κ1) is 18.9. The number of nitrogens with one attached hydrogen (secondary N) is 1. The first-order valence-electron chi connectivity index (χ1n) is 8.70. The molecule has 0 saturated carbocycles. The van der Waals surface area contributed by atoms with Gasteiger partial charge in [-0.05, 0) is 19.4 Å². The molecule has 0 heterocycles. The molecule has 0 spiro atoms. The van der Waals surface area contributed by atoms with Crippen molar-refractivity contribution in [3.8, 4) is 0 Å². The molecule has 0 rings (SSSR count). The van der Waals surface area contributed by atoms with Crippen LogP contribution in [0.3, 0.4) is 0 Å². The van der Waals surface area contributed by atoms with Crippen molar-refractivity contribution in [2.45, 2.75) is 97.0 Å². The first-order chi connectivity index (χ1) is 9.31. The Morgan fingerprint density at radius 3 is 1.89 bits per heavy atom. The number of hydrogen-bond donors (Lipinski definition) is 2. The monoisotopic (exact) mass is 271 g/mol. The molecule has 0 amide bonds. The van der Waals surface area contributed by atoms with E-state index >= 15 is 0 Å². The van der Waals surface area contributed by atoms with E-state index in [2.05, 4.69) is 19.2 Å². The van der Waals surface area contributed by atoms with Crippen LogP contribution in [-0.4, -0.2) is 24.3 Å². The van der Waals surface area contributed by atoms with Gasteiger partial charge in [-0.2, -0.15) is 0 Å². The lowest BCUT2D eigenvalue weighted by Crippen LogP contribution is -2.27. The van der Waals surface area contributed by atoms with Gasteiger partial charge in [-0.15, -0.1) is 0 Å². The summed E-state index contributed by atoms with van der Waals surface area (Å²) in [5.74, 6) is 0. The number of rotatable bonds is 15. The SMILES string of the molecule is CCCCCCCCCC(O)CNCCCCCC. The van der Waals surface area contributed by atoms with E-state index in [1.54, 1.807) is 0 Å². The molecule has 0 aliphatic carbocycles. The quantitative estimate of drug-likeness (QED) is 0.425. The highest BCUT2D eigenvalue weighted by Gasteiger charge is 2.02. The molecule has 1 unspecified atom stereocenters. The van der Waals surface area contributed by atoms with Gasteiger partial charge in [0.25, 0.3) is 0 Å². The average molecular weight is 271 g/mol. The minimum absolute atomic E-state index is 0.137. The summed E-state index contributed by atoms with van der Waals surface area (Å²) in [6.45, 7) is 6.33. The van der Waals surface area contributed by atoms with Gasteiger partial charge in [0.15, 0.2) is 0 Å². The number of unbranched alkanes of at least 4 members (excludes halogenated alkanes) is 9. The molecule has 0 aromatic heterocycles. The number of hydrogen-bond acceptors (Lipinski definition) is 2. The van der Waals surface area contributed by atoms with Crippen LogP contribution in [0, 0.1) is 0 Å². The number of aliphatic hydroxyl groups excluding tert-OH is 1. The molecule has 2 N–H and O–H groups in total. The van der Waals surface area contributed by atoms with Crippen LogP contribution < -0.4 is 5.32 Å². The third kappa shape index (κ3) is 15.9. The highest BCUT2D eigenvalue weighted by Crippen LogP contribution is 2.09. The van der Waals surface area contributed by atoms with Crippen molar-refractivity contribution in [1.29, 1.82) is 0 Å². The second-order valence-corrected chi connectivity index (χ2v) is 5.83. The maximum Gasteiger partial charge on any atom is 0.0664 e. The zero-order valence-electron chi connectivity index (χ0n) is 13.4. The predicted molar refractivity (Wildman–Crippen MR) is 85.6 cm³/mol. The lowest BCUT2D eigenvalue weighted by molar-refractivity contribution is 0.158. The van der Waals surface area contributed by atoms with Crippen LogP contribution in [0.2, 0.25) is 0 Å². The van der Waals surface area contributed by atoms with Gasteiger partial charge in [0.05, 0.1) is 6.10 Å². The molecule has 0 aliphatic rings. The molecule has 0 fully saturated rings. The Morgan fingerprint density at radius 2 is 1.26 bits per heavy atom. The van der Waals surface area contributed by atoms with E-state index < -0.39 is 0 Å². The van der Waals surface area contributed by atoms with Crippen molar-refractivity contribution in [3.05, 3.63) is 0 Å². The Morgan fingerprint density at radius 1 is 0.737 bits per heavy atom. The fourth-order valence-corrected chi connectivity index (χ4v) is 2.38. The van der Waals surface area contributed by atoms with E-state index in [-0.39, 0.29) is 6.10 Å². The lowest BCUT2D eigenvalue weighted by Gasteiger charge is -2.11. The van der Waals surface area contributed by atoms with E-state index in [0.717, 1.165) is 19.5 Å². The minimum atomic E-state index is -0.137. The van der Waals surface area contributed by atoms with Crippen molar-refractivity contribution in [1.82, 2.24) is 5.32 Å². The van der Waals surface area contributed by atoms with Gasteiger partial charge in [-0.3, -0.25) is 0 Å². The Balaban J connectivity index is 3.10. The van der Waals surface area contributed by atoms with Crippen LogP contribution in [-0.2, 0) is 0 Å². The third-order valence-corrected chi connectivity index (χ3v) is 3.73. The van der Waals surface area contributed by atoms with Gasteiger partial charge in [-0.1, -0.05) is 78.1 Å². The van der Waals surface area contributed by atoms with E-state index in [1.807, 2.05) is 0 Å². The fourth-order valence-electron chi connectivity index (χ4n) is 2.38. The molecule has 0 radical (unpaired) electrons. The van der Waals surface area contributed by atoms with Crippen molar-refractivity contribution in [2.75, 3.05) is 13.1 Å². The van der Waals surface area contributed by atoms with Gasteiger partial charge in [0, 0.05) is 6.54 Å².